The SMILES string of the molecule is O=C(OF)c1cccc(-c2ccccn2)n1. The lowest BCUT2D eigenvalue weighted by Gasteiger charge is -2.00. The van der Waals surface area contributed by atoms with Crippen LogP contribution in [0.25, 0.3) is 11.4 Å². The van der Waals surface area contributed by atoms with E-state index in [2.05, 4.69) is 14.9 Å². The molecule has 2 rings (SSSR count). The first-order valence-electron chi connectivity index (χ1n) is 4.52. The molecule has 2 aromatic rings. The van der Waals surface area contributed by atoms with Crippen molar-refractivity contribution in [3.05, 3.63) is 48.3 Å². The summed E-state index contributed by atoms with van der Waals surface area (Å²) in [6.07, 6.45) is 1.61. The van der Waals surface area contributed by atoms with Crippen LogP contribution in [0.15, 0.2) is 42.6 Å². The van der Waals surface area contributed by atoms with Gasteiger partial charge in [0, 0.05) is 10.7 Å². The molecule has 0 unspecified atom stereocenters. The molecular weight excluding hydrogens is 211 g/mol. The maximum absolute atomic E-state index is 11.7. The molecule has 0 amide bonds. The van der Waals surface area contributed by atoms with Crippen LogP contribution in [0.3, 0.4) is 0 Å². The van der Waals surface area contributed by atoms with Gasteiger partial charge >= 0.3 is 5.97 Å². The van der Waals surface area contributed by atoms with E-state index >= 15 is 0 Å². The Morgan fingerprint density at radius 3 is 2.62 bits per heavy atom. The van der Waals surface area contributed by atoms with E-state index in [4.69, 9.17) is 0 Å². The molecule has 0 spiro atoms. The minimum Gasteiger partial charge on any atom is -0.255 e. The predicted molar refractivity (Wildman–Crippen MR) is 54.0 cm³/mol. The van der Waals surface area contributed by atoms with Crippen LogP contribution in [0.2, 0.25) is 0 Å². The van der Waals surface area contributed by atoms with E-state index in [9.17, 15) is 9.32 Å². The molecule has 0 aromatic carbocycles. The first-order valence-corrected chi connectivity index (χ1v) is 4.52. The highest BCUT2D eigenvalue weighted by Gasteiger charge is 2.10. The van der Waals surface area contributed by atoms with E-state index in [0.717, 1.165) is 0 Å². The topological polar surface area (TPSA) is 52.1 Å². The molecule has 80 valence electrons. The number of pyridine rings is 2. The number of aromatic nitrogens is 2. The van der Waals surface area contributed by atoms with Gasteiger partial charge in [0.15, 0.2) is 5.69 Å². The lowest BCUT2D eigenvalue weighted by molar-refractivity contribution is -0.0793. The zero-order chi connectivity index (χ0) is 11.4. The molecule has 0 saturated carbocycles. The van der Waals surface area contributed by atoms with E-state index in [1.807, 2.05) is 0 Å². The number of nitrogens with zero attached hydrogens (tertiary/aromatic N) is 2. The average Bonchev–Trinajstić information content (AvgIpc) is 2.39. The molecule has 0 bridgehead atoms. The van der Waals surface area contributed by atoms with Gasteiger partial charge in [0.05, 0.1) is 11.4 Å². The van der Waals surface area contributed by atoms with E-state index in [-0.39, 0.29) is 5.69 Å². The quantitative estimate of drug-likeness (QED) is 0.775. The van der Waals surface area contributed by atoms with E-state index in [1.165, 1.54) is 6.07 Å². The van der Waals surface area contributed by atoms with Gasteiger partial charge in [0.1, 0.15) is 0 Å². The van der Waals surface area contributed by atoms with Crippen molar-refractivity contribution in [1.29, 1.82) is 0 Å². The summed E-state index contributed by atoms with van der Waals surface area (Å²) in [5.74, 6) is -1.11. The highest BCUT2D eigenvalue weighted by Crippen LogP contribution is 2.14. The van der Waals surface area contributed by atoms with Crippen LogP contribution in [0.1, 0.15) is 10.5 Å². The normalized spacial score (nSPS) is 9.81. The highest BCUT2D eigenvalue weighted by atomic mass is 19.3. The number of carbonyl (C=O) groups excluding carboxylic acids is 1. The third kappa shape index (κ3) is 2.03. The predicted octanol–water partition coefficient (Wildman–Crippen LogP) is 2.18. The maximum atomic E-state index is 11.7. The molecule has 0 aliphatic heterocycles. The average molecular weight is 218 g/mol. The summed E-state index contributed by atoms with van der Waals surface area (Å²) in [5.41, 5.74) is 1.00. The Labute approximate surface area is 90.6 Å². The molecule has 0 N–H and O–H groups in total. The van der Waals surface area contributed by atoms with Crippen molar-refractivity contribution in [2.45, 2.75) is 0 Å². The van der Waals surface area contributed by atoms with E-state index in [0.29, 0.717) is 11.4 Å². The van der Waals surface area contributed by atoms with Crippen LogP contribution in [-0.2, 0) is 4.94 Å². The van der Waals surface area contributed by atoms with Crippen molar-refractivity contribution in [2.75, 3.05) is 0 Å². The van der Waals surface area contributed by atoms with Gasteiger partial charge in [0.25, 0.3) is 0 Å². The van der Waals surface area contributed by atoms with Crippen molar-refractivity contribution in [3.63, 3.8) is 0 Å². The van der Waals surface area contributed by atoms with Crippen LogP contribution in [-0.4, -0.2) is 15.9 Å². The zero-order valence-electron chi connectivity index (χ0n) is 8.13. The van der Waals surface area contributed by atoms with Gasteiger partial charge in [-0.25, -0.2) is 14.7 Å². The van der Waals surface area contributed by atoms with Gasteiger partial charge in [-0.05, 0) is 24.3 Å². The largest absolute Gasteiger partial charge is 0.397 e. The number of halogens is 1. The number of rotatable bonds is 2. The molecule has 2 aromatic heterocycles. The Morgan fingerprint density at radius 1 is 1.12 bits per heavy atom. The second kappa shape index (κ2) is 4.48. The lowest BCUT2D eigenvalue weighted by atomic mass is 10.2. The zero-order valence-corrected chi connectivity index (χ0v) is 8.13. The number of hydrogen-bond acceptors (Lipinski definition) is 4. The molecule has 2 heterocycles. The van der Waals surface area contributed by atoms with E-state index < -0.39 is 5.97 Å². The van der Waals surface area contributed by atoms with Crippen LogP contribution in [0, 0.1) is 0 Å². The smallest absolute Gasteiger partial charge is 0.255 e. The van der Waals surface area contributed by atoms with Crippen molar-refractivity contribution >= 4 is 5.97 Å². The fraction of sp³-hybridized carbons (Fsp3) is 0. The van der Waals surface area contributed by atoms with Crippen LogP contribution in [0.4, 0.5) is 4.53 Å². The number of hydrogen-bond donors (Lipinski definition) is 0. The first-order chi connectivity index (χ1) is 7.81. The summed E-state index contributed by atoms with van der Waals surface area (Å²) in [6, 6.07) is 9.94. The van der Waals surface area contributed by atoms with Crippen molar-refractivity contribution in [2.24, 2.45) is 0 Å². The summed E-state index contributed by atoms with van der Waals surface area (Å²) in [5, 5.41) is 0. The monoisotopic (exact) mass is 218 g/mol. The van der Waals surface area contributed by atoms with Gasteiger partial charge in [-0.1, -0.05) is 12.1 Å². The Kier molecular flexibility index (Phi) is 2.86. The Morgan fingerprint density at radius 2 is 1.94 bits per heavy atom. The highest BCUT2D eigenvalue weighted by molar-refractivity contribution is 5.87. The van der Waals surface area contributed by atoms with E-state index in [1.54, 1.807) is 36.5 Å². The van der Waals surface area contributed by atoms with Crippen LogP contribution < -0.4 is 0 Å². The van der Waals surface area contributed by atoms with Crippen molar-refractivity contribution in [1.82, 2.24) is 9.97 Å². The Hall–Kier alpha value is -2.30. The minimum atomic E-state index is -1.11. The summed E-state index contributed by atoms with van der Waals surface area (Å²) < 4.78 is 11.7. The molecule has 16 heavy (non-hydrogen) atoms. The third-order valence-electron chi connectivity index (χ3n) is 1.96. The molecule has 5 heteroatoms. The molecular formula is C11H7FN2O2. The first kappa shape index (κ1) is 10.2. The van der Waals surface area contributed by atoms with Gasteiger partial charge in [-0.2, -0.15) is 0 Å². The van der Waals surface area contributed by atoms with Crippen LogP contribution >= 0.6 is 0 Å². The summed E-state index contributed by atoms with van der Waals surface area (Å²) >= 11 is 0. The van der Waals surface area contributed by atoms with Gasteiger partial charge in [-0.15, -0.1) is 0 Å². The van der Waals surface area contributed by atoms with Crippen molar-refractivity contribution in [3.8, 4) is 11.4 Å². The third-order valence-corrected chi connectivity index (χ3v) is 1.96. The maximum Gasteiger partial charge on any atom is 0.397 e. The Balaban J connectivity index is 2.40. The molecule has 0 radical (unpaired) electrons. The summed E-state index contributed by atoms with van der Waals surface area (Å²) in [7, 11) is 0. The standard InChI is InChI=1S/C11H7FN2O2/c12-16-11(15)10-6-3-5-9(14-10)8-4-1-2-7-13-8/h1-7H. The molecule has 0 fully saturated rings. The lowest BCUT2D eigenvalue weighted by Crippen LogP contribution is -2.02. The summed E-state index contributed by atoms with van der Waals surface area (Å²) in [6.45, 7) is 0. The summed E-state index contributed by atoms with van der Waals surface area (Å²) in [4.78, 5) is 22.0. The fourth-order valence-corrected chi connectivity index (χ4v) is 1.24. The second-order valence-electron chi connectivity index (χ2n) is 2.99. The van der Waals surface area contributed by atoms with Crippen molar-refractivity contribution < 1.29 is 14.3 Å². The molecule has 0 aliphatic rings. The molecule has 0 aliphatic carbocycles. The fourth-order valence-electron chi connectivity index (χ4n) is 1.24. The Bertz CT molecular complexity index is 502. The van der Waals surface area contributed by atoms with Gasteiger partial charge < -0.3 is 0 Å². The van der Waals surface area contributed by atoms with Gasteiger partial charge in [-0.3, -0.25) is 4.98 Å². The van der Waals surface area contributed by atoms with Crippen LogP contribution in [0.5, 0.6) is 0 Å². The molecule has 4 nitrogen and oxygen atoms in total. The number of carbonyl (C=O) groups is 1. The molecule has 0 atom stereocenters. The molecule has 0 saturated heterocycles. The van der Waals surface area contributed by atoms with Gasteiger partial charge in [0.2, 0.25) is 0 Å². The second-order valence-corrected chi connectivity index (χ2v) is 2.99. The minimum absolute atomic E-state index is 0.0920.